The number of likely N-dealkylation sites (tertiary alicyclic amines) is 1. The van der Waals surface area contributed by atoms with Crippen molar-refractivity contribution in [3.05, 3.63) is 58.3 Å². The van der Waals surface area contributed by atoms with Crippen LogP contribution in [0.3, 0.4) is 0 Å². The number of nitrogens with one attached hydrogen (secondary N) is 2. The standard InChI is InChI=1S/C21H25N3O3S/c25-19(8-11-22-21(27)18-7-4-14-28-18)24-12-9-17(10-13-24)20(26)23-15-16-5-2-1-3-6-16/h1-7,14,17H,8-13,15H2,(H,22,27)(H,23,26). The third-order valence-electron chi connectivity index (χ3n) is 4.90. The van der Waals surface area contributed by atoms with E-state index in [0.29, 0.717) is 43.9 Å². The molecule has 3 rings (SSSR count). The SMILES string of the molecule is O=C(NCCC(=O)N1CCC(C(=O)NCc2ccccc2)CC1)c1cccs1. The van der Waals surface area contributed by atoms with Crippen molar-refractivity contribution < 1.29 is 14.4 Å². The molecular weight excluding hydrogens is 374 g/mol. The Morgan fingerprint density at radius 3 is 2.43 bits per heavy atom. The lowest BCUT2D eigenvalue weighted by molar-refractivity contribution is -0.135. The second-order valence-corrected chi connectivity index (χ2v) is 7.79. The molecule has 0 radical (unpaired) electrons. The maximum atomic E-state index is 12.3. The van der Waals surface area contributed by atoms with Crippen molar-refractivity contribution in [1.29, 1.82) is 0 Å². The van der Waals surface area contributed by atoms with E-state index in [1.807, 2.05) is 41.8 Å². The Balaban J connectivity index is 1.34. The number of rotatable bonds is 7. The summed E-state index contributed by atoms with van der Waals surface area (Å²) in [4.78, 5) is 39.0. The highest BCUT2D eigenvalue weighted by molar-refractivity contribution is 7.12. The molecule has 7 heteroatoms. The van der Waals surface area contributed by atoms with E-state index in [1.54, 1.807) is 11.0 Å². The molecule has 0 bridgehead atoms. The zero-order valence-electron chi connectivity index (χ0n) is 15.7. The van der Waals surface area contributed by atoms with Gasteiger partial charge in [0.1, 0.15) is 0 Å². The van der Waals surface area contributed by atoms with Gasteiger partial charge >= 0.3 is 0 Å². The fraction of sp³-hybridized carbons (Fsp3) is 0.381. The number of hydrogen-bond acceptors (Lipinski definition) is 4. The van der Waals surface area contributed by atoms with E-state index in [0.717, 1.165) is 5.56 Å². The Morgan fingerprint density at radius 1 is 1.00 bits per heavy atom. The predicted molar refractivity (Wildman–Crippen MR) is 109 cm³/mol. The molecule has 1 saturated heterocycles. The summed E-state index contributed by atoms with van der Waals surface area (Å²) in [5, 5.41) is 7.61. The highest BCUT2D eigenvalue weighted by Crippen LogP contribution is 2.18. The van der Waals surface area contributed by atoms with Crippen LogP contribution >= 0.6 is 11.3 Å². The van der Waals surface area contributed by atoms with Crippen LogP contribution in [-0.2, 0) is 16.1 Å². The molecule has 1 aliphatic rings. The van der Waals surface area contributed by atoms with Crippen LogP contribution in [0.25, 0.3) is 0 Å². The van der Waals surface area contributed by atoms with E-state index in [9.17, 15) is 14.4 Å². The molecule has 2 heterocycles. The van der Waals surface area contributed by atoms with Crippen molar-refractivity contribution in [2.24, 2.45) is 5.92 Å². The van der Waals surface area contributed by atoms with Crippen LogP contribution < -0.4 is 10.6 Å². The molecule has 2 N–H and O–H groups in total. The van der Waals surface area contributed by atoms with Crippen molar-refractivity contribution in [2.75, 3.05) is 19.6 Å². The van der Waals surface area contributed by atoms with Crippen molar-refractivity contribution >= 4 is 29.1 Å². The summed E-state index contributed by atoms with van der Waals surface area (Å²) in [6.45, 7) is 2.03. The maximum absolute atomic E-state index is 12.3. The highest BCUT2D eigenvalue weighted by atomic mass is 32.1. The zero-order valence-corrected chi connectivity index (χ0v) is 16.5. The molecule has 2 aromatic rings. The quantitative estimate of drug-likeness (QED) is 0.751. The molecule has 0 saturated carbocycles. The lowest BCUT2D eigenvalue weighted by Crippen LogP contribution is -2.43. The van der Waals surface area contributed by atoms with E-state index >= 15 is 0 Å². The molecular formula is C21H25N3O3S. The molecule has 28 heavy (non-hydrogen) atoms. The number of amides is 3. The van der Waals surface area contributed by atoms with Gasteiger partial charge in [-0.15, -0.1) is 11.3 Å². The monoisotopic (exact) mass is 399 g/mol. The van der Waals surface area contributed by atoms with Gasteiger partial charge in [0, 0.05) is 38.5 Å². The Kier molecular flexibility index (Phi) is 7.19. The van der Waals surface area contributed by atoms with Gasteiger partial charge in [0.2, 0.25) is 11.8 Å². The third kappa shape index (κ3) is 5.66. The average molecular weight is 400 g/mol. The summed E-state index contributed by atoms with van der Waals surface area (Å²) in [6.07, 6.45) is 1.63. The molecule has 0 spiro atoms. The molecule has 1 aliphatic heterocycles. The first kappa shape index (κ1) is 20.1. The van der Waals surface area contributed by atoms with Crippen molar-refractivity contribution in [1.82, 2.24) is 15.5 Å². The summed E-state index contributed by atoms with van der Waals surface area (Å²) in [5.74, 6) is -0.114. The molecule has 0 atom stereocenters. The van der Waals surface area contributed by atoms with Gasteiger partial charge in [0.25, 0.3) is 5.91 Å². The van der Waals surface area contributed by atoms with E-state index in [-0.39, 0.29) is 30.1 Å². The minimum Gasteiger partial charge on any atom is -0.352 e. The molecule has 148 valence electrons. The van der Waals surface area contributed by atoms with Crippen LogP contribution in [0.1, 0.15) is 34.5 Å². The van der Waals surface area contributed by atoms with Crippen LogP contribution in [-0.4, -0.2) is 42.3 Å². The normalized spacial score (nSPS) is 14.5. The Bertz CT molecular complexity index is 784. The molecule has 0 aliphatic carbocycles. The van der Waals surface area contributed by atoms with Crippen LogP contribution in [0.4, 0.5) is 0 Å². The molecule has 1 aromatic carbocycles. The van der Waals surface area contributed by atoms with Gasteiger partial charge in [0.05, 0.1) is 4.88 Å². The first-order valence-corrected chi connectivity index (χ1v) is 10.4. The molecule has 6 nitrogen and oxygen atoms in total. The fourth-order valence-electron chi connectivity index (χ4n) is 3.26. The Labute approximate surface area is 168 Å². The lowest BCUT2D eigenvalue weighted by Gasteiger charge is -2.31. The second kappa shape index (κ2) is 10.0. The summed E-state index contributed by atoms with van der Waals surface area (Å²) in [7, 11) is 0. The largest absolute Gasteiger partial charge is 0.352 e. The topological polar surface area (TPSA) is 78.5 Å². The summed E-state index contributed by atoms with van der Waals surface area (Å²) < 4.78 is 0. The van der Waals surface area contributed by atoms with E-state index in [2.05, 4.69) is 10.6 Å². The van der Waals surface area contributed by atoms with Crippen LogP contribution in [0.15, 0.2) is 47.8 Å². The summed E-state index contributed by atoms with van der Waals surface area (Å²) >= 11 is 1.38. The Morgan fingerprint density at radius 2 is 1.75 bits per heavy atom. The van der Waals surface area contributed by atoms with Gasteiger partial charge in [-0.3, -0.25) is 14.4 Å². The van der Waals surface area contributed by atoms with Crippen molar-refractivity contribution in [2.45, 2.75) is 25.8 Å². The van der Waals surface area contributed by atoms with Gasteiger partial charge in [-0.25, -0.2) is 0 Å². The second-order valence-electron chi connectivity index (χ2n) is 6.84. The number of piperidine rings is 1. The number of hydrogen-bond donors (Lipinski definition) is 2. The third-order valence-corrected chi connectivity index (χ3v) is 5.77. The molecule has 0 unspecified atom stereocenters. The highest BCUT2D eigenvalue weighted by Gasteiger charge is 2.27. The number of thiophene rings is 1. The van der Waals surface area contributed by atoms with Gasteiger partial charge < -0.3 is 15.5 Å². The first-order valence-electron chi connectivity index (χ1n) is 9.54. The number of nitrogens with zero attached hydrogens (tertiary/aromatic N) is 1. The van der Waals surface area contributed by atoms with Crippen LogP contribution in [0, 0.1) is 5.92 Å². The van der Waals surface area contributed by atoms with Crippen molar-refractivity contribution in [3.63, 3.8) is 0 Å². The van der Waals surface area contributed by atoms with Crippen molar-refractivity contribution in [3.8, 4) is 0 Å². The molecule has 1 aromatic heterocycles. The van der Waals surface area contributed by atoms with E-state index in [4.69, 9.17) is 0 Å². The van der Waals surface area contributed by atoms with Crippen LogP contribution in [0.2, 0.25) is 0 Å². The van der Waals surface area contributed by atoms with E-state index in [1.165, 1.54) is 11.3 Å². The summed E-state index contributed by atoms with van der Waals surface area (Å²) in [6, 6.07) is 13.4. The minimum absolute atomic E-state index is 0.0228. The summed E-state index contributed by atoms with van der Waals surface area (Å²) in [5.41, 5.74) is 1.08. The number of carbonyl (C=O) groups is 3. The fourth-order valence-corrected chi connectivity index (χ4v) is 3.90. The first-order chi connectivity index (χ1) is 13.6. The minimum atomic E-state index is -0.142. The average Bonchev–Trinajstić information content (AvgIpc) is 3.28. The van der Waals surface area contributed by atoms with Gasteiger partial charge in [-0.1, -0.05) is 36.4 Å². The lowest BCUT2D eigenvalue weighted by atomic mass is 9.95. The molecule has 3 amide bonds. The van der Waals surface area contributed by atoms with Gasteiger partial charge in [0.15, 0.2) is 0 Å². The Hall–Kier alpha value is -2.67. The zero-order chi connectivity index (χ0) is 19.8. The van der Waals surface area contributed by atoms with Gasteiger partial charge in [-0.2, -0.15) is 0 Å². The smallest absolute Gasteiger partial charge is 0.261 e. The number of benzene rings is 1. The number of carbonyl (C=O) groups excluding carboxylic acids is 3. The van der Waals surface area contributed by atoms with Crippen LogP contribution in [0.5, 0.6) is 0 Å². The molecule has 1 fully saturated rings. The van der Waals surface area contributed by atoms with E-state index < -0.39 is 0 Å². The maximum Gasteiger partial charge on any atom is 0.261 e. The predicted octanol–water partition coefficient (Wildman–Crippen LogP) is 2.42. The van der Waals surface area contributed by atoms with Gasteiger partial charge in [-0.05, 0) is 29.9 Å².